The van der Waals surface area contributed by atoms with Gasteiger partial charge in [-0.05, 0) is 36.6 Å². The molecular formula is C18H18ClNO3. The zero-order valence-corrected chi connectivity index (χ0v) is 13.6. The second kappa shape index (κ2) is 8.34. The third-order valence-electron chi connectivity index (χ3n) is 3.37. The normalized spacial score (nSPS) is 10.2. The highest BCUT2D eigenvalue weighted by molar-refractivity contribution is 6.31. The molecule has 2 rings (SSSR count). The number of carbonyl (C=O) groups is 2. The molecule has 0 fully saturated rings. The van der Waals surface area contributed by atoms with Gasteiger partial charge in [0.05, 0.1) is 18.4 Å². The molecule has 0 saturated heterocycles. The maximum absolute atomic E-state index is 12.1. The van der Waals surface area contributed by atoms with Gasteiger partial charge in [0.15, 0.2) is 0 Å². The number of amides is 1. The van der Waals surface area contributed by atoms with Gasteiger partial charge in [-0.3, -0.25) is 4.79 Å². The summed E-state index contributed by atoms with van der Waals surface area (Å²) >= 11 is 5.89. The van der Waals surface area contributed by atoms with Crippen LogP contribution in [0.2, 0.25) is 5.02 Å². The molecule has 5 heteroatoms. The summed E-state index contributed by atoms with van der Waals surface area (Å²) in [6, 6.07) is 14.7. The summed E-state index contributed by atoms with van der Waals surface area (Å²) in [6.45, 7) is 0. The van der Waals surface area contributed by atoms with E-state index in [1.807, 2.05) is 30.3 Å². The number of hydrogen-bond acceptors (Lipinski definition) is 3. The summed E-state index contributed by atoms with van der Waals surface area (Å²) in [6.07, 6.45) is 1.94. The highest BCUT2D eigenvalue weighted by Crippen LogP contribution is 2.22. The summed E-state index contributed by atoms with van der Waals surface area (Å²) in [5.74, 6) is -0.680. The van der Waals surface area contributed by atoms with Crippen LogP contribution in [0.1, 0.15) is 28.8 Å². The van der Waals surface area contributed by atoms with Crippen LogP contribution >= 0.6 is 11.6 Å². The highest BCUT2D eigenvalue weighted by atomic mass is 35.5. The maximum Gasteiger partial charge on any atom is 0.340 e. The summed E-state index contributed by atoms with van der Waals surface area (Å²) in [7, 11) is 1.29. The zero-order chi connectivity index (χ0) is 16.7. The first-order valence-corrected chi connectivity index (χ1v) is 7.69. The number of halogens is 1. The molecule has 0 spiro atoms. The third-order valence-corrected chi connectivity index (χ3v) is 3.61. The van der Waals surface area contributed by atoms with E-state index in [9.17, 15) is 9.59 Å². The summed E-state index contributed by atoms with van der Waals surface area (Å²) in [4.78, 5) is 23.8. The van der Waals surface area contributed by atoms with Crippen LogP contribution in [0.25, 0.3) is 0 Å². The van der Waals surface area contributed by atoms with Crippen molar-refractivity contribution in [3.05, 3.63) is 64.7 Å². The van der Waals surface area contributed by atoms with Gasteiger partial charge in [-0.15, -0.1) is 0 Å². The minimum atomic E-state index is -0.535. The predicted molar refractivity (Wildman–Crippen MR) is 90.8 cm³/mol. The lowest BCUT2D eigenvalue weighted by atomic mass is 10.1. The Morgan fingerprint density at radius 1 is 1.13 bits per heavy atom. The van der Waals surface area contributed by atoms with Crippen LogP contribution in [0, 0.1) is 0 Å². The molecule has 0 aliphatic rings. The standard InChI is InChI=1S/C18H18ClNO3/c1-23-18(22)15-12-14(19)10-11-16(15)20-17(21)9-5-8-13-6-3-2-4-7-13/h2-4,6-7,10-12H,5,8-9H2,1H3,(H,20,21). The number of hydrogen-bond donors (Lipinski definition) is 1. The average Bonchev–Trinajstić information content (AvgIpc) is 2.56. The molecule has 0 atom stereocenters. The Kier molecular flexibility index (Phi) is 6.18. The molecule has 0 aromatic heterocycles. The van der Waals surface area contributed by atoms with Crippen molar-refractivity contribution in [3.8, 4) is 0 Å². The Bertz CT molecular complexity index is 686. The van der Waals surface area contributed by atoms with E-state index in [2.05, 4.69) is 5.32 Å². The van der Waals surface area contributed by atoms with E-state index in [1.165, 1.54) is 18.7 Å². The van der Waals surface area contributed by atoms with Crippen LogP contribution < -0.4 is 5.32 Å². The Labute approximate surface area is 140 Å². The van der Waals surface area contributed by atoms with Crippen molar-refractivity contribution in [2.24, 2.45) is 0 Å². The van der Waals surface area contributed by atoms with Gasteiger partial charge in [0.1, 0.15) is 0 Å². The van der Waals surface area contributed by atoms with E-state index < -0.39 is 5.97 Å². The van der Waals surface area contributed by atoms with Gasteiger partial charge >= 0.3 is 5.97 Å². The second-order valence-electron chi connectivity index (χ2n) is 5.07. The van der Waals surface area contributed by atoms with Gasteiger partial charge in [-0.1, -0.05) is 41.9 Å². The predicted octanol–water partition coefficient (Wildman–Crippen LogP) is 4.09. The SMILES string of the molecule is COC(=O)c1cc(Cl)ccc1NC(=O)CCCc1ccccc1. The van der Waals surface area contributed by atoms with Crippen LogP contribution in [0.15, 0.2) is 48.5 Å². The lowest BCUT2D eigenvalue weighted by molar-refractivity contribution is -0.116. The van der Waals surface area contributed by atoms with Crippen molar-refractivity contribution in [3.63, 3.8) is 0 Å². The number of methoxy groups -OCH3 is 1. The molecule has 0 heterocycles. The van der Waals surface area contributed by atoms with Crippen LogP contribution in [-0.2, 0) is 16.0 Å². The topological polar surface area (TPSA) is 55.4 Å². The molecule has 2 aromatic carbocycles. The fraction of sp³-hybridized carbons (Fsp3) is 0.222. The number of carbonyl (C=O) groups excluding carboxylic acids is 2. The molecule has 120 valence electrons. The highest BCUT2D eigenvalue weighted by Gasteiger charge is 2.14. The molecule has 4 nitrogen and oxygen atoms in total. The van der Waals surface area contributed by atoms with E-state index in [4.69, 9.17) is 16.3 Å². The monoisotopic (exact) mass is 331 g/mol. The fourth-order valence-corrected chi connectivity index (χ4v) is 2.39. The molecule has 23 heavy (non-hydrogen) atoms. The van der Waals surface area contributed by atoms with Gasteiger partial charge in [0, 0.05) is 11.4 Å². The molecule has 1 N–H and O–H groups in total. The number of benzene rings is 2. The van der Waals surface area contributed by atoms with Crippen LogP contribution in [0.5, 0.6) is 0 Å². The Morgan fingerprint density at radius 2 is 1.87 bits per heavy atom. The van der Waals surface area contributed by atoms with Crippen molar-refractivity contribution >= 4 is 29.2 Å². The van der Waals surface area contributed by atoms with Crippen molar-refractivity contribution in [2.75, 3.05) is 12.4 Å². The van der Waals surface area contributed by atoms with Crippen molar-refractivity contribution < 1.29 is 14.3 Å². The van der Waals surface area contributed by atoms with E-state index >= 15 is 0 Å². The average molecular weight is 332 g/mol. The Hall–Kier alpha value is -2.33. The Balaban J connectivity index is 1.93. The van der Waals surface area contributed by atoms with Gasteiger partial charge in [-0.25, -0.2) is 4.79 Å². The maximum atomic E-state index is 12.1. The molecule has 1 amide bonds. The number of esters is 1. The number of nitrogens with one attached hydrogen (secondary N) is 1. The smallest absolute Gasteiger partial charge is 0.340 e. The molecule has 0 bridgehead atoms. The summed E-state index contributed by atoms with van der Waals surface area (Å²) < 4.78 is 4.70. The first kappa shape index (κ1) is 17.0. The van der Waals surface area contributed by atoms with E-state index in [-0.39, 0.29) is 11.5 Å². The minimum Gasteiger partial charge on any atom is -0.465 e. The zero-order valence-electron chi connectivity index (χ0n) is 12.8. The van der Waals surface area contributed by atoms with Gasteiger partial charge in [0.2, 0.25) is 5.91 Å². The molecule has 0 unspecified atom stereocenters. The second-order valence-corrected chi connectivity index (χ2v) is 5.51. The van der Waals surface area contributed by atoms with E-state index in [0.29, 0.717) is 17.1 Å². The lowest BCUT2D eigenvalue weighted by Crippen LogP contribution is -2.15. The number of rotatable bonds is 6. The molecule has 0 radical (unpaired) electrons. The number of anilines is 1. The lowest BCUT2D eigenvalue weighted by Gasteiger charge is -2.10. The minimum absolute atomic E-state index is 0.145. The van der Waals surface area contributed by atoms with Crippen molar-refractivity contribution in [1.29, 1.82) is 0 Å². The molecule has 0 aliphatic heterocycles. The van der Waals surface area contributed by atoms with Gasteiger partial charge in [0.25, 0.3) is 0 Å². The van der Waals surface area contributed by atoms with Crippen LogP contribution in [-0.4, -0.2) is 19.0 Å². The van der Waals surface area contributed by atoms with Gasteiger partial charge in [-0.2, -0.15) is 0 Å². The number of aryl methyl sites for hydroxylation is 1. The first-order chi connectivity index (χ1) is 11.1. The van der Waals surface area contributed by atoms with Crippen LogP contribution in [0.3, 0.4) is 0 Å². The summed E-state index contributed by atoms with van der Waals surface area (Å²) in [5, 5.41) is 3.15. The third kappa shape index (κ3) is 5.11. The van der Waals surface area contributed by atoms with Crippen molar-refractivity contribution in [2.45, 2.75) is 19.3 Å². The molecule has 2 aromatic rings. The fourth-order valence-electron chi connectivity index (χ4n) is 2.21. The quantitative estimate of drug-likeness (QED) is 0.811. The van der Waals surface area contributed by atoms with E-state index in [1.54, 1.807) is 12.1 Å². The van der Waals surface area contributed by atoms with Crippen LogP contribution in [0.4, 0.5) is 5.69 Å². The van der Waals surface area contributed by atoms with Gasteiger partial charge < -0.3 is 10.1 Å². The summed E-state index contributed by atoms with van der Waals surface area (Å²) in [5.41, 5.74) is 1.85. The molecule has 0 aliphatic carbocycles. The van der Waals surface area contributed by atoms with E-state index in [0.717, 1.165) is 12.8 Å². The first-order valence-electron chi connectivity index (χ1n) is 7.32. The van der Waals surface area contributed by atoms with Crippen molar-refractivity contribution in [1.82, 2.24) is 0 Å². The molecular weight excluding hydrogens is 314 g/mol. The largest absolute Gasteiger partial charge is 0.465 e. The number of ether oxygens (including phenoxy) is 1. The molecule has 0 saturated carbocycles. The Morgan fingerprint density at radius 3 is 2.57 bits per heavy atom.